The molecule has 8 N–H and O–H groups in total. The third-order valence-corrected chi connectivity index (χ3v) is 4.40. The van der Waals surface area contributed by atoms with Crippen molar-refractivity contribution in [3.63, 3.8) is 0 Å². The molecule has 2 unspecified atom stereocenters. The van der Waals surface area contributed by atoms with Crippen molar-refractivity contribution < 1.29 is 50.3 Å². The van der Waals surface area contributed by atoms with Crippen molar-refractivity contribution >= 4 is 0 Å². The van der Waals surface area contributed by atoms with E-state index < -0.39 is 73.9 Å². The summed E-state index contributed by atoms with van der Waals surface area (Å²) in [6.45, 7) is -0.721. The first-order chi connectivity index (χ1) is 11.7. The minimum atomic E-state index is -1.85. The van der Waals surface area contributed by atoms with Gasteiger partial charge in [-0.1, -0.05) is 5.11 Å². The van der Waals surface area contributed by atoms with Crippen LogP contribution >= 0.6 is 0 Å². The quantitative estimate of drug-likeness (QED) is 0.134. The Labute approximate surface area is 140 Å². The highest BCUT2D eigenvalue weighted by atomic mass is 16.7. The third kappa shape index (κ3) is 3.72. The Bertz CT molecular complexity index is 490. The summed E-state index contributed by atoms with van der Waals surface area (Å²) in [5, 5.41) is 81.0. The van der Waals surface area contributed by atoms with Crippen molar-refractivity contribution in [2.45, 2.75) is 67.3 Å². The molecule has 1 aliphatic carbocycles. The van der Waals surface area contributed by atoms with Crippen LogP contribution in [0.4, 0.5) is 0 Å². The molecule has 2 aliphatic rings. The van der Waals surface area contributed by atoms with Crippen LogP contribution in [0, 0.1) is 0 Å². The molecule has 13 heteroatoms. The first-order valence-corrected chi connectivity index (χ1v) is 7.47. The van der Waals surface area contributed by atoms with Crippen molar-refractivity contribution in [2.75, 3.05) is 6.61 Å². The fourth-order valence-corrected chi connectivity index (χ4v) is 2.87. The molecule has 1 saturated carbocycles. The Morgan fingerprint density at radius 2 is 1.36 bits per heavy atom. The Kier molecular flexibility index (Phi) is 6.53. The van der Waals surface area contributed by atoms with Crippen LogP contribution in [0.2, 0.25) is 0 Å². The van der Waals surface area contributed by atoms with Gasteiger partial charge < -0.3 is 50.3 Å². The molecule has 2 rings (SSSR count). The molecule has 1 saturated heterocycles. The van der Waals surface area contributed by atoms with Crippen LogP contribution in [0.15, 0.2) is 5.11 Å². The highest BCUT2D eigenvalue weighted by Crippen LogP contribution is 2.30. The fourth-order valence-electron chi connectivity index (χ4n) is 2.87. The van der Waals surface area contributed by atoms with Gasteiger partial charge in [-0.05, 0) is 5.53 Å². The van der Waals surface area contributed by atoms with E-state index in [0.717, 1.165) is 0 Å². The van der Waals surface area contributed by atoms with Crippen molar-refractivity contribution in [3.05, 3.63) is 10.4 Å². The molecular formula is C12H21N3O10. The number of hydrogen-bond donors (Lipinski definition) is 8. The fraction of sp³-hybridized carbons (Fsp3) is 1.00. The number of rotatable bonds is 4. The van der Waals surface area contributed by atoms with Gasteiger partial charge in [-0.3, -0.25) is 0 Å². The molecule has 11 atom stereocenters. The van der Waals surface area contributed by atoms with Gasteiger partial charge >= 0.3 is 0 Å². The number of azide groups is 1. The van der Waals surface area contributed by atoms with Crippen molar-refractivity contribution in [3.8, 4) is 0 Å². The molecule has 1 heterocycles. The van der Waals surface area contributed by atoms with Gasteiger partial charge in [0.1, 0.15) is 54.9 Å². The van der Waals surface area contributed by atoms with Crippen LogP contribution in [0.25, 0.3) is 10.4 Å². The molecule has 0 bridgehead atoms. The summed E-state index contributed by atoms with van der Waals surface area (Å²) in [5.41, 5.74) is 8.59. The molecule has 25 heavy (non-hydrogen) atoms. The zero-order valence-corrected chi connectivity index (χ0v) is 12.8. The molecule has 0 aromatic rings. The topological polar surface area (TPSA) is 229 Å². The SMILES string of the molecule is [N-]=[N+]=N[C@H]1[C@@H](OC2[C@@H](O)[C@@H](O)C(O)[C@H](O)[C@H]2O)O[C@H](CO)[C@@H](O)[C@@H]1O. The summed E-state index contributed by atoms with van der Waals surface area (Å²) in [6.07, 6.45) is -17.1. The summed E-state index contributed by atoms with van der Waals surface area (Å²) in [5.74, 6) is 0. The number of nitrogens with zero attached hydrogens (tertiary/aromatic N) is 3. The van der Waals surface area contributed by atoms with Gasteiger partial charge in [0.05, 0.1) is 12.7 Å². The van der Waals surface area contributed by atoms with Crippen LogP contribution in [-0.2, 0) is 9.47 Å². The summed E-state index contributed by atoms with van der Waals surface area (Å²) in [7, 11) is 0. The standard InChI is InChI=1S/C12H21N3O10/c13-15-14-3-5(18)4(17)2(1-16)24-12(3)25-11-9(22)7(20)6(19)8(21)10(11)23/h2-12,16-23H,1H2/t2-,3-,4-,5-,6?,7+,8+,9-,10+,11?,12-/m1/s1. The monoisotopic (exact) mass is 367 g/mol. The maximum Gasteiger partial charge on any atom is 0.169 e. The molecule has 0 aromatic carbocycles. The molecular weight excluding hydrogens is 346 g/mol. The molecule has 1 aliphatic heterocycles. The number of hydrogen-bond acceptors (Lipinski definition) is 11. The molecule has 0 spiro atoms. The van der Waals surface area contributed by atoms with E-state index in [9.17, 15) is 40.9 Å². The van der Waals surface area contributed by atoms with E-state index in [0.29, 0.717) is 0 Å². The second kappa shape index (κ2) is 8.07. The number of ether oxygens (including phenoxy) is 2. The Morgan fingerprint density at radius 1 is 0.840 bits per heavy atom. The Hall–Kier alpha value is -1.09. The average molecular weight is 367 g/mol. The molecule has 0 radical (unpaired) electrons. The lowest BCUT2D eigenvalue weighted by molar-refractivity contribution is -0.316. The van der Waals surface area contributed by atoms with Crippen LogP contribution in [0.3, 0.4) is 0 Å². The smallest absolute Gasteiger partial charge is 0.169 e. The van der Waals surface area contributed by atoms with Crippen molar-refractivity contribution in [2.24, 2.45) is 5.11 Å². The zero-order chi connectivity index (χ0) is 18.9. The largest absolute Gasteiger partial charge is 0.394 e. The lowest BCUT2D eigenvalue weighted by Gasteiger charge is -2.46. The summed E-state index contributed by atoms with van der Waals surface area (Å²) < 4.78 is 10.4. The van der Waals surface area contributed by atoms with E-state index in [1.54, 1.807) is 0 Å². The van der Waals surface area contributed by atoms with E-state index in [2.05, 4.69) is 10.0 Å². The van der Waals surface area contributed by atoms with Gasteiger partial charge in [0.15, 0.2) is 6.29 Å². The number of aliphatic hydroxyl groups is 8. The van der Waals surface area contributed by atoms with Gasteiger partial charge in [0.25, 0.3) is 0 Å². The van der Waals surface area contributed by atoms with Gasteiger partial charge in [-0.15, -0.1) is 0 Å². The molecule has 2 fully saturated rings. The predicted octanol–water partition coefficient (Wildman–Crippen LogP) is -4.69. The highest BCUT2D eigenvalue weighted by molar-refractivity contribution is 5.01. The third-order valence-electron chi connectivity index (χ3n) is 4.40. The van der Waals surface area contributed by atoms with Crippen LogP contribution < -0.4 is 0 Å². The van der Waals surface area contributed by atoms with Gasteiger partial charge in [0.2, 0.25) is 0 Å². The first kappa shape index (κ1) is 20.2. The average Bonchev–Trinajstić information content (AvgIpc) is 2.60. The minimum Gasteiger partial charge on any atom is -0.394 e. The van der Waals surface area contributed by atoms with Crippen LogP contribution in [-0.4, -0.2) is 115 Å². The van der Waals surface area contributed by atoms with E-state index >= 15 is 0 Å². The van der Waals surface area contributed by atoms with Crippen molar-refractivity contribution in [1.29, 1.82) is 0 Å². The van der Waals surface area contributed by atoms with E-state index in [1.165, 1.54) is 0 Å². The van der Waals surface area contributed by atoms with Crippen molar-refractivity contribution in [1.82, 2.24) is 0 Å². The van der Waals surface area contributed by atoms with Crippen LogP contribution in [0.1, 0.15) is 0 Å². The second-order valence-electron chi connectivity index (χ2n) is 5.96. The number of aliphatic hydroxyl groups excluding tert-OH is 8. The van der Waals surface area contributed by atoms with Crippen LogP contribution in [0.5, 0.6) is 0 Å². The minimum absolute atomic E-state index is 0.721. The summed E-state index contributed by atoms with van der Waals surface area (Å²) in [4.78, 5) is 2.49. The highest BCUT2D eigenvalue weighted by Gasteiger charge is 2.52. The maximum atomic E-state index is 10.00. The molecule has 13 nitrogen and oxygen atoms in total. The lowest BCUT2D eigenvalue weighted by atomic mass is 9.84. The van der Waals surface area contributed by atoms with Gasteiger partial charge in [-0.2, -0.15) is 0 Å². The maximum absolute atomic E-state index is 10.00. The van der Waals surface area contributed by atoms with Gasteiger partial charge in [-0.25, -0.2) is 0 Å². The normalized spacial score (nSPS) is 51.0. The first-order valence-electron chi connectivity index (χ1n) is 7.47. The predicted molar refractivity (Wildman–Crippen MR) is 75.6 cm³/mol. The molecule has 0 amide bonds. The Balaban J connectivity index is 2.23. The van der Waals surface area contributed by atoms with E-state index in [-0.39, 0.29) is 0 Å². The summed E-state index contributed by atoms with van der Waals surface area (Å²) in [6, 6.07) is -1.51. The molecule has 144 valence electrons. The lowest BCUT2D eigenvalue weighted by Crippen LogP contribution is -2.67. The summed E-state index contributed by atoms with van der Waals surface area (Å²) >= 11 is 0. The second-order valence-corrected chi connectivity index (χ2v) is 5.96. The van der Waals surface area contributed by atoms with E-state index in [1.807, 2.05) is 0 Å². The zero-order valence-electron chi connectivity index (χ0n) is 12.8. The van der Waals surface area contributed by atoms with E-state index in [4.69, 9.17) is 15.0 Å². The van der Waals surface area contributed by atoms with Gasteiger partial charge in [0, 0.05) is 4.91 Å². The Morgan fingerprint density at radius 3 is 1.84 bits per heavy atom. The molecule has 0 aromatic heterocycles.